The van der Waals surface area contributed by atoms with E-state index >= 15 is 0 Å². The predicted octanol–water partition coefficient (Wildman–Crippen LogP) is 5.31. The SMILES string of the molecule is O=[N+]([O-])c1cc(OC(C[n+]2ccn(CCc3ccccc3)c2)c2ccc(Cl)cc2)cc([N+](=O)[O-])c1. The first kappa shape index (κ1) is 23.9. The second-order valence-electron chi connectivity index (χ2n) is 7.94. The van der Waals surface area contributed by atoms with Crippen molar-refractivity contribution in [2.45, 2.75) is 25.6 Å². The Morgan fingerprint density at radius 1 is 0.943 bits per heavy atom. The van der Waals surface area contributed by atoms with Crippen molar-refractivity contribution in [1.29, 1.82) is 0 Å². The molecule has 178 valence electrons. The third-order valence-corrected chi connectivity index (χ3v) is 5.69. The molecule has 0 saturated carbocycles. The highest BCUT2D eigenvalue weighted by Gasteiger charge is 2.22. The zero-order valence-electron chi connectivity index (χ0n) is 18.6. The van der Waals surface area contributed by atoms with Gasteiger partial charge in [0.15, 0.2) is 6.10 Å². The number of hydrogen-bond donors (Lipinski definition) is 0. The molecule has 1 atom stereocenters. The molecule has 10 heteroatoms. The van der Waals surface area contributed by atoms with Crippen LogP contribution in [0, 0.1) is 20.2 Å². The van der Waals surface area contributed by atoms with Crippen LogP contribution in [-0.2, 0) is 19.5 Å². The highest BCUT2D eigenvalue weighted by atomic mass is 35.5. The summed E-state index contributed by atoms with van der Waals surface area (Å²) in [5, 5.41) is 23.1. The molecule has 0 bridgehead atoms. The second-order valence-corrected chi connectivity index (χ2v) is 8.38. The molecule has 1 aromatic heterocycles. The van der Waals surface area contributed by atoms with Crippen molar-refractivity contribution in [2.75, 3.05) is 0 Å². The minimum absolute atomic E-state index is 0.0370. The van der Waals surface area contributed by atoms with Crippen LogP contribution in [-0.4, -0.2) is 14.4 Å². The maximum atomic E-state index is 11.3. The molecule has 0 N–H and O–H groups in total. The van der Waals surface area contributed by atoms with E-state index in [-0.39, 0.29) is 5.75 Å². The lowest BCUT2D eigenvalue weighted by Gasteiger charge is -2.18. The molecule has 0 aliphatic heterocycles. The van der Waals surface area contributed by atoms with Crippen molar-refractivity contribution in [1.82, 2.24) is 4.57 Å². The van der Waals surface area contributed by atoms with E-state index in [9.17, 15) is 20.2 Å². The van der Waals surface area contributed by atoms with E-state index in [0.717, 1.165) is 24.6 Å². The van der Waals surface area contributed by atoms with Gasteiger partial charge in [-0.25, -0.2) is 9.13 Å². The van der Waals surface area contributed by atoms with Crippen LogP contribution < -0.4 is 9.30 Å². The summed E-state index contributed by atoms with van der Waals surface area (Å²) in [6.45, 7) is 1.16. The van der Waals surface area contributed by atoms with E-state index in [1.807, 2.05) is 41.5 Å². The monoisotopic (exact) mass is 493 g/mol. The molecule has 0 aliphatic rings. The molecule has 0 fully saturated rings. The van der Waals surface area contributed by atoms with Crippen molar-refractivity contribution in [2.24, 2.45) is 0 Å². The van der Waals surface area contributed by atoms with Gasteiger partial charge in [0.25, 0.3) is 11.4 Å². The molecule has 4 rings (SSSR count). The average Bonchev–Trinajstić information content (AvgIpc) is 3.30. The minimum atomic E-state index is -0.682. The van der Waals surface area contributed by atoms with Crippen LogP contribution in [0.5, 0.6) is 5.75 Å². The number of halogens is 1. The Kier molecular flexibility index (Phi) is 7.37. The molecular formula is C25H22ClN4O5+. The molecule has 0 amide bonds. The summed E-state index contributed by atoms with van der Waals surface area (Å²) in [4.78, 5) is 21.2. The van der Waals surface area contributed by atoms with Gasteiger partial charge in [-0.05, 0) is 23.3 Å². The Labute approximate surface area is 206 Å². The first-order chi connectivity index (χ1) is 16.9. The number of non-ortho nitro benzene ring substituents is 2. The smallest absolute Gasteiger partial charge is 0.280 e. The number of nitrogens with zero attached hydrogens (tertiary/aromatic N) is 4. The zero-order valence-corrected chi connectivity index (χ0v) is 19.3. The van der Waals surface area contributed by atoms with Crippen LogP contribution in [0.15, 0.2) is 91.5 Å². The van der Waals surface area contributed by atoms with E-state index in [2.05, 4.69) is 16.7 Å². The van der Waals surface area contributed by atoms with Crippen LogP contribution in [0.2, 0.25) is 5.02 Å². The third-order valence-electron chi connectivity index (χ3n) is 5.44. The molecule has 4 aromatic rings. The molecule has 1 unspecified atom stereocenters. The van der Waals surface area contributed by atoms with Gasteiger partial charge >= 0.3 is 0 Å². The Balaban J connectivity index is 1.57. The van der Waals surface area contributed by atoms with Crippen LogP contribution in [0.3, 0.4) is 0 Å². The summed E-state index contributed by atoms with van der Waals surface area (Å²) in [7, 11) is 0. The van der Waals surface area contributed by atoms with Crippen LogP contribution >= 0.6 is 11.6 Å². The fourth-order valence-electron chi connectivity index (χ4n) is 3.67. The number of aromatic nitrogens is 2. The van der Waals surface area contributed by atoms with Gasteiger partial charge in [0.1, 0.15) is 24.7 Å². The van der Waals surface area contributed by atoms with E-state index in [0.29, 0.717) is 11.6 Å². The summed E-state index contributed by atoms with van der Waals surface area (Å²) in [6.07, 6.45) is 6.12. The van der Waals surface area contributed by atoms with Crippen LogP contribution in [0.25, 0.3) is 0 Å². The largest absolute Gasteiger partial charge is 0.481 e. The van der Waals surface area contributed by atoms with Crippen molar-refractivity contribution < 1.29 is 19.2 Å². The van der Waals surface area contributed by atoms with Gasteiger partial charge in [0.2, 0.25) is 6.33 Å². The van der Waals surface area contributed by atoms with Gasteiger partial charge < -0.3 is 4.74 Å². The standard InChI is InChI=1S/C25H22ClN4O5/c26-21-8-6-20(7-9-21)25(35-24-15-22(29(31)32)14-23(16-24)30(33)34)17-28-13-12-27(18-28)11-10-19-4-2-1-3-5-19/h1-9,12-16,18,25H,10-11,17H2/q+1. The maximum absolute atomic E-state index is 11.3. The number of nitro benzene ring substituents is 2. The Morgan fingerprint density at radius 3 is 2.23 bits per heavy atom. The molecule has 0 spiro atoms. The summed E-state index contributed by atoms with van der Waals surface area (Å²) < 4.78 is 10.1. The average molecular weight is 494 g/mol. The Hall–Kier alpha value is -4.24. The first-order valence-electron chi connectivity index (χ1n) is 10.8. The predicted molar refractivity (Wildman–Crippen MR) is 129 cm³/mol. The van der Waals surface area contributed by atoms with Gasteiger partial charge in [0.05, 0.1) is 34.6 Å². The van der Waals surface area contributed by atoms with Crippen molar-refractivity contribution >= 4 is 23.0 Å². The third kappa shape index (κ3) is 6.42. The van der Waals surface area contributed by atoms with Gasteiger partial charge in [0, 0.05) is 11.4 Å². The van der Waals surface area contributed by atoms with E-state index in [1.165, 1.54) is 17.7 Å². The first-order valence-corrected chi connectivity index (χ1v) is 11.2. The van der Waals surface area contributed by atoms with Crippen LogP contribution in [0.1, 0.15) is 17.2 Å². The molecule has 0 aliphatic carbocycles. The highest BCUT2D eigenvalue weighted by Crippen LogP contribution is 2.31. The zero-order chi connectivity index (χ0) is 24.8. The second kappa shape index (κ2) is 10.8. The van der Waals surface area contributed by atoms with E-state index < -0.39 is 27.3 Å². The van der Waals surface area contributed by atoms with E-state index in [1.54, 1.807) is 24.3 Å². The van der Waals surface area contributed by atoms with Crippen LogP contribution in [0.4, 0.5) is 11.4 Å². The van der Waals surface area contributed by atoms with Gasteiger partial charge in [-0.3, -0.25) is 20.2 Å². The van der Waals surface area contributed by atoms with Crippen molar-refractivity contribution in [3.05, 3.63) is 128 Å². The minimum Gasteiger partial charge on any atom is -0.481 e. The molecule has 9 nitrogen and oxygen atoms in total. The Bertz CT molecular complexity index is 1290. The lowest BCUT2D eigenvalue weighted by Crippen LogP contribution is -2.36. The summed E-state index contributed by atoms with van der Waals surface area (Å²) in [5.74, 6) is 0.0370. The molecule has 0 saturated heterocycles. The summed E-state index contributed by atoms with van der Waals surface area (Å²) >= 11 is 6.04. The van der Waals surface area contributed by atoms with Gasteiger partial charge in [-0.2, -0.15) is 0 Å². The highest BCUT2D eigenvalue weighted by molar-refractivity contribution is 6.30. The molecule has 1 heterocycles. The lowest BCUT2D eigenvalue weighted by atomic mass is 10.1. The summed E-state index contributed by atoms with van der Waals surface area (Å²) in [5.41, 5.74) is 1.18. The Morgan fingerprint density at radius 2 is 1.60 bits per heavy atom. The molecule has 35 heavy (non-hydrogen) atoms. The molecular weight excluding hydrogens is 472 g/mol. The molecule has 0 radical (unpaired) electrons. The number of ether oxygens (including phenoxy) is 1. The van der Waals surface area contributed by atoms with Gasteiger partial charge in [-0.15, -0.1) is 0 Å². The number of nitro groups is 2. The van der Waals surface area contributed by atoms with Gasteiger partial charge in [-0.1, -0.05) is 54.1 Å². The summed E-state index contributed by atoms with van der Waals surface area (Å²) in [6, 6.07) is 20.5. The quantitative estimate of drug-likeness (QED) is 0.169. The fraction of sp³-hybridized carbons (Fsp3) is 0.160. The van der Waals surface area contributed by atoms with E-state index in [4.69, 9.17) is 16.3 Å². The topological polar surface area (TPSA) is 104 Å². The number of benzene rings is 3. The number of rotatable bonds is 10. The normalized spacial score (nSPS) is 11.7. The number of imidazole rings is 1. The fourth-order valence-corrected chi connectivity index (χ4v) is 3.80. The maximum Gasteiger partial charge on any atom is 0.280 e. The van der Waals surface area contributed by atoms with Crippen molar-refractivity contribution in [3.8, 4) is 5.75 Å². The molecule has 3 aromatic carbocycles. The number of aryl methyl sites for hydroxylation is 2. The number of hydrogen-bond acceptors (Lipinski definition) is 5. The lowest BCUT2D eigenvalue weighted by molar-refractivity contribution is -0.703. The van der Waals surface area contributed by atoms with Crippen molar-refractivity contribution in [3.63, 3.8) is 0 Å².